The van der Waals surface area contributed by atoms with E-state index >= 15 is 0 Å². The fraction of sp³-hybridized carbons (Fsp3) is 0.538. The Balaban J connectivity index is 2.09. The van der Waals surface area contributed by atoms with Gasteiger partial charge in [-0.25, -0.2) is 0 Å². The van der Waals surface area contributed by atoms with Crippen molar-refractivity contribution in [3.8, 4) is 11.5 Å². The molecule has 94 valence electrons. The van der Waals surface area contributed by atoms with E-state index in [0.717, 1.165) is 22.4 Å². The molecule has 4 heteroatoms. The molecule has 17 heavy (non-hydrogen) atoms. The van der Waals surface area contributed by atoms with Crippen molar-refractivity contribution in [2.45, 2.75) is 24.6 Å². The maximum Gasteiger partial charge on any atom is 0.124 e. The quantitative estimate of drug-likeness (QED) is 0.893. The van der Waals surface area contributed by atoms with Gasteiger partial charge >= 0.3 is 0 Å². The zero-order chi connectivity index (χ0) is 12.3. The molecule has 0 amide bonds. The molecule has 1 heterocycles. The lowest BCUT2D eigenvalue weighted by Gasteiger charge is -2.15. The van der Waals surface area contributed by atoms with Crippen LogP contribution in [0.15, 0.2) is 18.2 Å². The SMILES string of the molecule is COc1cc(NC2CSC(C)C2)cc(OC)c1. The molecule has 2 unspecified atom stereocenters. The van der Waals surface area contributed by atoms with E-state index in [0.29, 0.717) is 6.04 Å². The Hall–Kier alpha value is -1.03. The van der Waals surface area contributed by atoms with E-state index in [-0.39, 0.29) is 0 Å². The Morgan fingerprint density at radius 1 is 1.18 bits per heavy atom. The number of methoxy groups -OCH3 is 2. The Morgan fingerprint density at radius 2 is 1.82 bits per heavy atom. The van der Waals surface area contributed by atoms with E-state index in [1.54, 1.807) is 14.2 Å². The van der Waals surface area contributed by atoms with Gasteiger partial charge in [-0.15, -0.1) is 0 Å². The number of hydrogen-bond donors (Lipinski definition) is 1. The first-order chi connectivity index (χ1) is 8.21. The summed E-state index contributed by atoms with van der Waals surface area (Å²) in [5, 5.41) is 4.29. The Morgan fingerprint density at radius 3 is 2.29 bits per heavy atom. The smallest absolute Gasteiger partial charge is 0.124 e. The Labute approximate surface area is 107 Å². The van der Waals surface area contributed by atoms with E-state index in [9.17, 15) is 0 Å². The summed E-state index contributed by atoms with van der Waals surface area (Å²) in [5.74, 6) is 2.82. The summed E-state index contributed by atoms with van der Waals surface area (Å²) >= 11 is 2.02. The average Bonchev–Trinajstić information content (AvgIpc) is 2.74. The maximum atomic E-state index is 5.26. The van der Waals surface area contributed by atoms with Gasteiger partial charge in [0.25, 0.3) is 0 Å². The monoisotopic (exact) mass is 253 g/mol. The number of ether oxygens (including phenoxy) is 2. The van der Waals surface area contributed by atoms with Crippen LogP contribution in [0.4, 0.5) is 5.69 Å². The van der Waals surface area contributed by atoms with Gasteiger partial charge in [0.05, 0.1) is 14.2 Å². The first kappa shape index (κ1) is 12.4. The highest BCUT2D eigenvalue weighted by Crippen LogP contribution is 2.31. The van der Waals surface area contributed by atoms with Crippen molar-refractivity contribution in [2.24, 2.45) is 0 Å². The van der Waals surface area contributed by atoms with Crippen LogP contribution >= 0.6 is 11.8 Å². The van der Waals surface area contributed by atoms with Crippen molar-refractivity contribution in [2.75, 3.05) is 25.3 Å². The lowest BCUT2D eigenvalue weighted by Crippen LogP contribution is -2.18. The third-order valence-electron chi connectivity index (χ3n) is 2.92. The molecule has 1 N–H and O–H groups in total. The minimum Gasteiger partial charge on any atom is -0.497 e. The van der Waals surface area contributed by atoms with Crippen molar-refractivity contribution < 1.29 is 9.47 Å². The molecule has 0 bridgehead atoms. The fourth-order valence-corrected chi connectivity index (χ4v) is 3.19. The minimum absolute atomic E-state index is 0.548. The van der Waals surface area contributed by atoms with Crippen LogP contribution in [0.5, 0.6) is 11.5 Å². The predicted octanol–water partition coefficient (Wildman–Crippen LogP) is 3.01. The zero-order valence-corrected chi connectivity index (χ0v) is 11.3. The average molecular weight is 253 g/mol. The number of anilines is 1. The van der Waals surface area contributed by atoms with E-state index in [1.807, 2.05) is 30.0 Å². The van der Waals surface area contributed by atoms with Crippen molar-refractivity contribution >= 4 is 17.4 Å². The highest BCUT2D eigenvalue weighted by molar-refractivity contribution is 8.00. The molecule has 0 spiro atoms. The van der Waals surface area contributed by atoms with Gasteiger partial charge in [-0.1, -0.05) is 6.92 Å². The lowest BCUT2D eigenvalue weighted by atomic mass is 10.2. The summed E-state index contributed by atoms with van der Waals surface area (Å²) in [5.41, 5.74) is 1.07. The van der Waals surface area contributed by atoms with Gasteiger partial charge < -0.3 is 14.8 Å². The van der Waals surface area contributed by atoms with Gasteiger partial charge in [-0.05, 0) is 6.42 Å². The molecular formula is C13H19NO2S. The summed E-state index contributed by atoms with van der Waals surface area (Å²) in [4.78, 5) is 0. The summed E-state index contributed by atoms with van der Waals surface area (Å²) < 4.78 is 10.5. The molecular weight excluding hydrogens is 234 g/mol. The molecule has 2 rings (SSSR count). The summed E-state index contributed by atoms with van der Waals surface area (Å²) in [6, 6.07) is 6.45. The molecule has 0 aromatic heterocycles. The zero-order valence-electron chi connectivity index (χ0n) is 10.5. The van der Waals surface area contributed by atoms with Crippen LogP contribution in [0.25, 0.3) is 0 Å². The van der Waals surface area contributed by atoms with Crippen LogP contribution in [0.1, 0.15) is 13.3 Å². The second-order valence-corrected chi connectivity index (χ2v) is 5.79. The Kier molecular flexibility index (Phi) is 4.05. The van der Waals surface area contributed by atoms with Gasteiger partial charge in [0.15, 0.2) is 0 Å². The number of thioether (sulfide) groups is 1. The number of benzene rings is 1. The molecule has 3 nitrogen and oxygen atoms in total. The van der Waals surface area contributed by atoms with E-state index < -0.39 is 0 Å². The number of hydrogen-bond acceptors (Lipinski definition) is 4. The second-order valence-electron chi connectivity index (χ2n) is 4.32. The van der Waals surface area contributed by atoms with Crippen LogP contribution < -0.4 is 14.8 Å². The molecule has 1 aromatic carbocycles. The van der Waals surface area contributed by atoms with E-state index in [1.165, 1.54) is 12.2 Å². The van der Waals surface area contributed by atoms with Gasteiger partial charge in [-0.3, -0.25) is 0 Å². The molecule has 2 atom stereocenters. The number of rotatable bonds is 4. The van der Waals surface area contributed by atoms with Crippen LogP contribution in [-0.4, -0.2) is 31.3 Å². The van der Waals surface area contributed by atoms with Crippen molar-refractivity contribution in [1.29, 1.82) is 0 Å². The highest BCUT2D eigenvalue weighted by atomic mass is 32.2. The topological polar surface area (TPSA) is 30.5 Å². The van der Waals surface area contributed by atoms with E-state index in [4.69, 9.17) is 9.47 Å². The summed E-state index contributed by atoms with van der Waals surface area (Å²) in [7, 11) is 3.35. The summed E-state index contributed by atoms with van der Waals surface area (Å²) in [6.07, 6.45) is 1.21. The van der Waals surface area contributed by atoms with Gasteiger partial charge in [0.1, 0.15) is 11.5 Å². The molecule has 0 aliphatic carbocycles. The van der Waals surface area contributed by atoms with Crippen molar-refractivity contribution in [3.63, 3.8) is 0 Å². The molecule has 0 saturated carbocycles. The third-order valence-corrected chi connectivity index (χ3v) is 4.28. The van der Waals surface area contributed by atoms with Gasteiger partial charge in [0.2, 0.25) is 0 Å². The summed E-state index contributed by atoms with van der Waals surface area (Å²) in [6.45, 7) is 2.28. The predicted molar refractivity (Wildman–Crippen MR) is 73.5 cm³/mol. The molecule has 1 aromatic rings. The minimum atomic E-state index is 0.548. The van der Waals surface area contributed by atoms with Crippen LogP contribution in [0.3, 0.4) is 0 Å². The normalized spacial score (nSPS) is 23.5. The standard InChI is InChI=1S/C13H19NO2S/c1-9-4-11(8-17-9)14-10-5-12(15-2)7-13(6-10)16-3/h5-7,9,11,14H,4,8H2,1-3H3. The largest absolute Gasteiger partial charge is 0.497 e. The van der Waals surface area contributed by atoms with Crippen LogP contribution in [0.2, 0.25) is 0 Å². The van der Waals surface area contributed by atoms with Gasteiger partial charge in [0, 0.05) is 40.9 Å². The van der Waals surface area contributed by atoms with Gasteiger partial charge in [-0.2, -0.15) is 11.8 Å². The fourth-order valence-electron chi connectivity index (χ4n) is 2.04. The third kappa shape index (κ3) is 3.22. The highest BCUT2D eigenvalue weighted by Gasteiger charge is 2.21. The second kappa shape index (κ2) is 5.54. The maximum absolute atomic E-state index is 5.26. The lowest BCUT2D eigenvalue weighted by molar-refractivity contribution is 0.394. The van der Waals surface area contributed by atoms with Crippen molar-refractivity contribution in [1.82, 2.24) is 0 Å². The molecule has 1 aliphatic heterocycles. The van der Waals surface area contributed by atoms with Crippen LogP contribution in [-0.2, 0) is 0 Å². The molecule has 1 aliphatic rings. The number of nitrogens with one attached hydrogen (secondary N) is 1. The van der Waals surface area contributed by atoms with Crippen LogP contribution in [0, 0.1) is 0 Å². The molecule has 0 radical (unpaired) electrons. The Bertz CT molecular complexity index is 361. The first-order valence-electron chi connectivity index (χ1n) is 5.82. The van der Waals surface area contributed by atoms with Crippen molar-refractivity contribution in [3.05, 3.63) is 18.2 Å². The molecule has 1 fully saturated rings. The molecule has 1 saturated heterocycles. The van der Waals surface area contributed by atoms with E-state index in [2.05, 4.69) is 12.2 Å². The first-order valence-corrected chi connectivity index (χ1v) is 6.87.